The molecule has 0 aromatic carbocycles. The van der Waals surface area contributed by atoms with E-state index in [0.29, 0.717) is 0 Å². The van der Waals surface area contributed by atoms with Crippen molar-refractivity contribution in [2.24, 2.45) is 5.84 Å². The van der Waals surface area contributed by atoms with Gasteiger partial charge in [-0.05, 0) is 25.5 Å². The second-order valence-corrected chi connectivity index (χ2v) is 3.37. The van der Waals surface area contributed by atoms with Gasteiger partial charge in [0.1, 0.15) is 0 Å². The van der Waals surface area contributed by atoms with E-state index in [1.807, 2.05) is 25.1 Å². The highest BCUT2D eigenvalue weighted by atomic mass is 16.5. The molecule has 1 aromatic heterocycles. The van der Waals surface area contributed by atoms with Crippen molar-refractivity contribution in [3.05, 3.63) is 30.1 Å². The van der Waals surface area contributed by atoms with Crippen LogP contribution in [0, 0.1) is 0 Å². The lowest BCUT2D eigenvalue weighted by Crippen LogP contribution is -2.37. The summed E-state index contributed by atoms with van der Waals surface area (Å²) in [6, 6.07) is 6.13. The summed E-state index contributed by atoms with van der Waals surface area (Å²) in [5.74, 6) is 5.47. The second kappa shape index (κ2) is 7.34. The smallest absolute Gasteiger partial charge is 0.0481 e. The van der Waals surface area contributed by atoms with E-state index in [0.717, 1.165) is 31.7 Å². The maximum Gasteiger partial charge on any atom is 0.0481 e. The largest absolute Gasteiger partial charge is 0.382 e. The van der Waals surface area contributed by atoms with E-state index in [2.05, 4.69) is 10.4 Å². The van der Waals surface area contributed by atoms with Gasteiger partial charge in [0, 0.05) is 37.6 Å². The van der Waals surface area contributed by atoms with Crippen molar-refractivity contribution >= 4 is 0 Å². The summed E-state index contributed by atoms with van der Waals surface area (Å²) in [6.07, 6.45) is 3.54. The number of nitrogens with two attached hydrogens (primary N) is 1. The maximum absolute atomic E-state index is 5.47. The van der Waals surface area contributed by atoms with Crippen molar-refractivity contribution in [2.75, 3.05) is 13.2 Å². The molecule has 1 unspecified atom stereocenters. The molecule has 1 rings (SSSR count). The van der Waals surface area contributed by atoms with E-state index in [1.165, 1.54) is 0 Å². The molecule has 0 amide bonds. The molecule has 3 N–H and O–H groups in total. The molecular weight excluding hydrogens is 190 g/mol. The number of pyridine rings is 1. The van der Waals surface area contributed by atoms with Gasteiger partial charge in [0.05, 0.1) is 0 Å². The summed E-state index contributed by atoms with van der Waals surface area (Å²) in [6.45, 7) is 3.47. The topological polar surface area (TPSA) is 60.2 Å². The Hall–Kier alpha value is -0.970. The molecule has 0 saturated heterocycles. The summed E-state index contributed by atoms with van der Waals surface area (Å²) < 4.78 is 5.29. The van der Waals surface area contributed by atoms with Gasteiger partial charge in [0.15, 0.2) is 0 Å². The molecule has 1 atom stereocenters. The molecule has 0 bridgehead atoms. The fourth-order valence-electron chi connectivity index (χ4n) is 1.39. The van der Waals surface area contributed by atoms with Crippen LogP contribution in [0.15, 0.2) is 24.4 Å². The van der Waals surface area contributed by atoms with Gasteiger partial charge in [-0.2, -0.15) is 0 Å². The minimum absolute atomic E-state index is 0.228. The standard InChI is InChI=1S/C11H19N3O/c1-2-15-8-6-11(14-12)9-10-5-3-4-7-13-10/h3-5,7,11,14H,2,6,8-9,12H2,1H3. The number of hydrazine groups is 1. The van der Waals surface area contributed by atoms with Crippen LogP contribution in [-0.2, 0) is 11.2 Å². The highest BCUT2D eigenvalue weighted by Gasteiger charge is 2.07. The number of rotatable bonds is 7. The van der Waals surface area contributed by atoms with E-state index >= 15 is 0 Å². The Balaban J connectivity index is 2.33. The Morgan fingerprint density at radius 3 is 3.00 bits per heavy atom. The first kappa shape index (κ1) is 12.1. The summed E-state index contributed by atoms with van der Waals surface area (Å²) in [5, 5.41) is 0. The van der Waals surface area contributed by atoms with Crippen LogP contribution in [-0.4, -0.2) is 24.2 Å². The first-order valence-electron chi connectivity index (χ1n) is 5.30. The van der Waals surface area contributed by atoms with Crippen LogP contribution >= 0.6 is 0 Å². The zero-order chi connectivity index (χ0) is 10.9. The molecule has 0 saturated carbocycles. The van der Waals surface area contributed by atoms with Crippen LogP contribution in [0.4, 0.5) is 0 Å². The van der Waals surface area contributed by atoms with Gasteiger partial charge in [-0.25, -0.2) is 0 Å². The number of aromatic nitrogens is 1. The lowest BCUT2D eigenvalue weighted by molar-refractivity contribution is 0.136. The molecular formula is C11H19N3O. The lowest BCUT2D eigenvalue weighted by Gasteiger charge is -2.14. The summed E-state index contributed by atoms with van der Waals surface area (Å²) in [5.41, 5.74) is 3.84. The zero-order valence-corrected chi connectivity index (χ0v) is 9.15. The first-order chi connectivity index (χ1) is 7.36. The van der Waals surface area contributed by atoms with Crippen LogP contribution in [0.2, 0.25) is 0 Å². The van der Waals surface area contributed by atoms with Gasteiger partial charge in [0.2, 0.25) is 0 Å². The fourth-order valence-corrected chi connectivity index (χ4v) is 1.39. The summed E-state index contributed by atoms with van der Waals surface area (Å²) in [7, 11) is 0. The van der Waals surface area contributed by atoms with Crippen LogP contribution in [0.5, 0.6) is 0 Å². The third-order valence-electron chi connectivity index (χ3n) is 2.23. The number of hydrogen-bond acceptors (Lipinski definition) is 4. The molecule has 15 heavy (non-hydrogen) atoms. The van der Waals surface area contributed by atoms with E-state index < -0.39 is 0 Å². The lowest BCUT2D eigenvalue weighted by atomic mass is 10.1. The van der Waals surface area contributed by atoms with Crippen LogP contribution in [0.3, 0.4) is 0 Å². The van der Waals surface area contributed by atoms with Crippen molar-refractivity contribution in [2.45, 2.75) is 25.8 Å². The number of nitrogens with zero attached hydrogens (tertiary/aromatic N) is 1. The van der Waals surface area contributed by atoms with Gasteiger partial charge < -0.3 is 4.74 Å². The number of nitrogens with one attached hydrogen (secondary N) is 1. The molecule has 0 spiro atoms. The van der Waals surface area contributed by atoms with Crippen LogP contribution in [0.25, 0.3) is 0 Å². The fraction of sp³-hybridized carbons (Fsp3) is 0.545. The molecule has 0 aliphatic carbocycles. The van der Waals surface area contributed by atoms with Crippen molar-refractivity contribution in [3.8, 4) is 0 Å². The van der Waals surface area contributed by atoms with Gasteiger partial charge in [-0.1, -0.05) is 6.07 Å². The third-order valence-corrected chi connectivity index (χ3v) is 2.23. The minimum atomic E-state index is 0.228. The Labute approximate surface area is 90.8 Å². The van der Waals surface area contributed by atoms with Crippen molar-refractivity contribution in [1.82, 2.24) is 10.4 Å². The molecule has 0 aliphatic rings. The second-order valence-electron chi connectivity index (χ2n) is 3.37. The van der Waals surface area contributed by atoms with Crippen LogP contribution < -0.4 is 11.3 Å². The van der Waals surface area contributed by atoms with Gasteiger partial charge in [0.25, 0.3) is 0 Å². The zero-order valence-electron chi connectivity index (χ0n) is 9.15. The quantitative estimate of drug-likeness (QED) is 0.397. The minimum Gasteiger partial charge on any atom is -0.382 e. The predicted molar refractivity (Wildman–Crippen MR) is 60.2 cm³/mol. The number of hydrogen-bond donors (Lipinski definition) is 2. The molecule has 0 fully saturated rings. The van der Waals surface area contributed by atoms with E-state index in [1.54, 1.807) is 6.20 Å². The van der Waals surface area contributed by atoms with Crippen molar-refractivity contribution < 1.29 is 4.74 Å². The predicted octanol–water partition coefficient (Wildman–Crippen LogP) is 0.883. The normalized spacial score (nSPS) is 12.7. The summed E-state index contributed by atoms with van der Waals surface area (Å²) in [4.78, 5) is 4.26. The molecule has 0 aliphatic heterocycles. The maximum atomic E-state index is 5.47. The Kier molecular flexibility index (Phi) is 5.92. The van der Waals surface area contributed by atoms with Crippen molar-refractivity contribution in [1.29, 1.82) is 0 Å². The Morgan fingerprint density at radius 2 is 2.40 bits per heavy atom. The van der Waals surface area contributed by atoms with Crippen LogP contribution in [0.1, 0.15) is 19.0 Å². The highest BCUT2D eigenvalue weighted by Crippen LogP contribution is 2.02. The van der Waals surface area contributed by atoms with Gasteiger partial charge in [-0.3, -0.25) is 16.3 Å². The highest BCUT2D eigenvalue weighted by molar-refractivity contribution is 5.05. The Morgan fingerprint density at radius 1 is 1.53 bits per heavy atom. The molecule has 1 heterocycles. The molecule has 1 aromatic rings. The average molecular weight is 209 g/mol. The first-order valence-corrected chi connectivity index (χ1v) is 5.30. The van der Waals surface area contributed by atoms with Gasteiger partial charge in [-0.15, -0.1) is 0 Å². The third kappa shape index (κ3) is 4.88. The molecule has 84 valence electrons. The molecule has 4 nitrogen and oxygen atoms in total. The summed E-state index contributed by atoms with van der Waals surface area (Å²) >= 11 is 0. The van der Waals surface area contributed by atoms with E-state index in [9.17, 15) is 0 Å². The van der Waals surface area contributed by atoms with E-state index in [4.69, 9.17) is 10.6 Å². The number of ether oxygens (including phenoxy) is 1. The SMILES string of the molecule is CCOCCC(Cc1ccccn1)NN. The molecule has 0 radical (unpaired) electrons. The Bertz CT molecular complexity index is 253. The van der Waals surface area contributed by atoms with E-state index in [-0.39, 0.29) is 6.04 Å². The average Bonchev–Trinajstić information content (AvgIpc) is 2.29. The van der Waals surface area contributed by atoms with Crippen molar-refractivity contribution in [3.63, 3.8) is 0 Å². The monoisotopic (exact) mass is 209 g/mol. The molecule has 4 heteroatoms. The van der Waals surface area contributed by atoms with Gasteiger partial charge >= 0.3 is 0 Å².